The van der Waals surface area contributed by atoms with Crippen molar-refractivity contribution in [1.82, 2.24) is 0 Å². The zero-order valence-corrected chi connectivity index (χ0v) is 17.9. The molecule has 3 rings (SSSR count). The minimum absolute atomic E-state index is 0.188. The Morgan fingerprint density at radius 2 is 1.77 bits per heavy atom. The molecule has 3 aromatic rings. The minimum Gasteiger partial charge on any atom is -0.452 e. The number of sulfonamides is 1. The maximum Gasteiger partial charge on any atom is 0.340 e. The number of nitrogens with zero attached hydrogens (tertiary/aromatic N) is 2. The highest BCUT2D eigenvalue weighted by Crippen LogP contribution is 2.25. The highest BCUT2D eigenvalue weighted by Gasteiger charge is 2.27. The van der Waals surface area contributed by atoms with E-state index < -0.39 is 28.5 Å². The van der Waals surface area contributed by atoms with Gasteiger partial charge in [-0.25, -0.2) is 13.2 Å². The Morgan fingerprint density at radius 1 is 1.10 bits per heavy atom. The lowest BCUT2D eigenvalue weighted by Crippen LogP contribution is -2.28. The molecule has 8 nitrogen and oxygen atoms in total. The van der Waals surface area contributed by atoms with E-state index in [0.717, 1.165) is 15.6 Å². The van der Waals surface area contributed by atoms with Gasteiger partial charge in [-0.15, -0.1) is 11.3 Å². The van der Waals surface area contributed by atoms with Gasteiger partial charge in [0.25, 0.3) is 15.9 Å². The molecular weight excluding hydrogens is 438 g/mol. The number of ether oxygens (including phenoxy) is 1. The van der Waals surface area contributed by atoms with E-state index >= 15 is 0 Å². The van der Waals surface area contributed by atoms with E-state index in [4.69, 9.17) is 10.00 Å². The third kappa shape index (κ3) is 4.91. The summed E-state index contributed by atoms with van der Waals surface area (Å²) in [7, 11) is -2.68. The van der Waals surface area contributed by atoms with Gasteiger partial charge in [0.15, 0.2) is 6.61 Å². The number of anilines is 2. The molecule has 158 valence electrons. The first kappa shape index (κ1) is 22.0. The maximum atomic E-state index is 13.1. The topological polar surface area (TPSA) is 117 Å². The van der Waals surface area contributed by atoms with Gasteiger partial charge in [0.1, 0.15) is 16.0 Å². The van der Waals surface area contributed by atoms with Crippen molar-refractivity contribution in [3.05, 3.63) is 77.2 Å². The summed E-state index contributed by atoms with van der Waals surface area (Å²) in [5, 5.41) is 13.5. The predicted octanol–water partition coefficient (Wildman–Crippen LogP) is 3.24. The molecule has 0 spiro atoms. The average Bonchev–Trinajstić information content (AvgIpc) is 3.24. The molecule has 2 aromatic carbocycles. The van der Waals surface area contributed by atoms with Crippen LogP contribution in [0.1, 0.15) is 15.9 Å². The minimum atomic E-state index is -4.06. The fourth-order valence-electron chi connectivity index (χ4n) is 2.65. The Kier molecular flexibility index (Phi) is 6.69. The lowest BCUT2D eigenvalue weighted by Gasteiger charge is -2.20. The molecule has 1 heterocycles. The van der Waals surface area contributed by atoms with Crippen LogP contribution in [0.4, 0.5) is 10.7 Å². The number of thiophene rings is 1. The molecule has 1 amide bonds. The molecule has 0 saturated carbocycles. The number of amides is 1. The smallest absolute Gasteiger partial charge is 0.340 e. The Balaban J connectivity index is 1.76. The third-order valence-corrected chi connectivity index (χ3v) is 6.91. The number of nitriles is 1. The molecule has 0 aliphatic rings. The first-order valence-corrected chi connectivity index (χ1v) is 11.2. The second-order valence-corrected chi connectivity index (χ2v) is 9.06. The lowest BCUT2D eigenvalue weighted by molar-refractivity contribution is -0.119. The Morgan fingerprint density at radius 3 is 2.48 bits per heavy atom. The number of hydrogen-bond donors (Lipinski definition) is 1. The maximum absolute atomic E-state index is 13.1. The quantitative estimate of drug-likeness (QED) is 0.547. The van der Waals surface area contributed by atoms with Gasteiger partial charge in [-0.3, -0.25) is 9.10 Å². The molecule has 0 aliphatic carbocycles. The van der Waals surface area contributed by atoms with Gasteiger partial charge in [-0.05, 0) is 35.7 Å². The van der Waals surface area contributed by atoms with Gasteiger partial charge in [0.2, 0.25) is 0 Å². The molecule has 1 aromatic heterocycles. The van der Waals surface area contributed by atoms with Crippen molar-refractivity contribution in [1.29, 1.82) is 5.26 Å². The summed E-state index contributed by atoms with van der Waals surface area (Å²) in [4.78, 5) is 24.4. The van der Waals surface area contributed by atoms with E-state index in [-0.39, 0.29) is 10.5 Å². The van der Waals surface area contributed by atoms with Crippen LogP contribution in [-0.4, -0.2) is 33.9 Å². The Labute approximate surface area is 183 Å². The van der Waals surface area contributed by atoms with Gasteiger partial charge in [-0.1, -0.05) is 30.3 Å². The van der Waals surface area contributed by atoms with Gasteiger partial charge < -0.3 is 10.1 Å². The molecule has 0 fully saturated rings. The monoisotopic (exact) mass is 455 g/mol. The Hall–Kier alpha value is -3.68. The van der Waals surface area contributed by atoms with Crippen molar-refractivity contribution in [2.24, 2.45) is 0 Å². The SMILES string of the molecule is CN(c1ccccc1)S(=O)(=O)c1ccccc1C(=O)OCC(=O)Nc1sccc1C#N. The van der Waals surface area contributed by atoms with E-state index in [1.54, 1.807) is 41.8 Å². The van der Waals surface area contributed by atoms with Crippen LogP contribution in [0, 0.1) is 11.3 Å². The summed E-state index contributed by atoms with van der Waals surface area (Å²) in [6.45, 7) is -0.634. The van der Waals surface area contributed by atoms with Crippen LogP contribution in [0.5, 0.6) is 0 Å². The van der Waals surface area contributed by atoms with Gasteiger partial charge in [0, 0.05) is 7.05 Å². The van der Waals surface area contributed by atoms with Gasteiger partial charge in [0.05, 0.1) is 16.8 Å². The molecule has 1 N–H and O–H groups in total. The fourth-order valence-corrected chi connectivity index (χ4v) is 4.78. The number of para-hydroxylation sites is 1. The van der Waals surface area contributed by atoms with Crippen molar-refractivity contribution in [2.75, 3.05) is 23.3 Å². The molecule has 0 bridgehead atoms. The van der Waals surface area contributed by atoms with Crippen molar-refractivity contribution in [2.45, 2.75) is 4.90 Å². The molecule has 10 heteroatoms. The molecular formula is C21H17N3O5S2. The first-order chi connectivity index (χ1) is 14.8. The average molecular weight is 456 g/mol. The zero-order valence-electron chi connectivity index (χ0n) is 16.3. The second-order valence-electron chi connectivity index (χ2n) is 6.20. The fraction of sp³-hybridized carbons (Fsp3) is 0.0952. The van der Waals surface area contributed by atoms with Crippen LogP contribution >= 0.6 is 11.3 Å². The first-order valence-electron chi connectivity index (χ1n) is 8.92. The number of hydrogen-bond acceptors (Lipinski definition) is 7. The number of carbonyl (C=O) groups is 2. The molecule has 0 unspecified atom stereocenters. The van der Waals surface area contributed by atoms with Crippen molar-refractivity contribution >= 4 is 43.9 Å². The Bertz CT molecular complexity index is 1250. The predicted molar refractivity (Wildman–Crippen MR) is 116 cm³/mol. The summed E-state index contributed by atoms with van der Waals surface area (Å²) in [5.41, 5.74) is 0.534. The normalized spacial score (nSPS) is 10.7. The van der Waals surface area contributed by atoms with Crippen LogP contribution in [0.25, 0.3) is 0 Å². The van der Waals surface area contributed by atoms with Crippen molar-refractivity contribution < 1.29 is 22.7 Å². The summed E-state index contributed by atoms with van der Waals surface area (Å²) in [6, 6.07) is 17.5. The summed E-state index contributed by atoms with van der Waals surface area (Å²) in [5.74, 6) is -1.60. The van der Waals surface area contributed by atoms with E-state index in [1.165, 1.54) is 31.3 Å². The number of esters is 1. The van der Waals surface area contributed by atoms with E-state index in [9.17, 15) is 18.0 Å². The molecule has 0 saturated heterocycles. The highest BCUT2D eigenvalue weighted by molar-refractivity contribution is 7.92. The van der Waals surface area contributed by atoms with Crippen LogP contribution in [0.3, 0.4) is 0 Å². The van der Waals surface area contributed by atoms with E-state index in [0.29, 0.717) is 16.3 Å². The van der Waals surface area contributed by atoms with Crippen LogP contribution < -0.4 is 9.62 Å². The van der Waals surface area contributed by atoms with Crippen LogP contribution in [0.2, 0.25) is 0 Å². The molecule has 0 aliphatic heterocycles. The van der Waals surface area contributed by atoms with Gasteiger partial charge >= 0.3 is 5.97 Å². The van der Waals surface area contributed by atoms with E-state index in [1.807, 2.05) is 6.07 Å². The van der Waals surface area contributed by atoms with Crippen LogP contribution in [0.15, 0.2) is 70.9 Å². The summed E-state index contributed by atoms with van der Waals surface area (Å²) in [6.07, 6.45) is 0. The highest BCUT2D eigenvalue weighted by atomic mass is 32.2. The largest absolute Gasteiger partial charge is 0.452 e. The molecule has 0 atom stereocenters. The second kappa shape index (κ2) is 9.42. The molecule has 31 heavy (non-hydrogen) atoms. The zero-order chi connectivity index (χ0) is 22.4. The van der Waals surface area contributed by atoms with Crippen molar-refractivity contribution in [3.63, 3.8) is 0 Å². The van der Waals surface area contributed by atoms with Gasteiger partial charge in [-0.2, -0.15) is 5.26 Å². The standard InChI is InChI=1S/C21H17N3O5S2/c1-24(16-7-3-2-4-8-16)31(27,28)18-10-6-5-9-17(18)21(26)29-14-19(25)23-20-15(13-22)11-12-30-20/h2-12H,14H2,1H3,(H,23,25). The van der Waals surface area contributed by atoms with Crippen LogP contribution in [-0.2, 0) is 19.6 Å². The number of carbonyl (C=O) groups excluding carboxylic acids is 2. The summed E-state index contributed by atoms with van der Waals surface area (Å²) >= 11 is 1.16. The molecule has 0 radical (unpaired) electrons. The van der Waals surface area contributed by atoms with E-state index in [2.05, 4.69) is 5.32 Å². The third-order valence-electron chi connectivity index (χ3n) is 4.24. The summed E-state index contributed by atoms with van der Waals surface area (Å²) < 4.78 is 32.3. The number of benzene rings is 2. The number of rotatable bonds is 7. The lowest BCUT2D eigenvalue weighted by atomic mass is 10.2. The number of nitrogens with one attached hydrogen (secondary N) is 1. The van der Waals surface area contributed by atoms with Crippen molar-refractivity contribution in [3.8, 4) is 6.07 Å².